The number of hydrogen-bond donors (Lipinski definition) is 2. The Hall–Kier alpha value is -3.57. The van der Waals surface area contributed by atoms with Crippen molar-refractivity contribution in [2.24, 2.45) is 23.5 Å². The minimum atomic E-state index is -0.761. The molecule has 11 heteroatoms. The molecular formula is C36H54N4O6S. The summed E-state index contributed by atoms with van der Waals surface area (Å²) in [5.74, 6) is -1.71. The molecule has 0 fully saturated rings. The van der Waals surface area contributed by atoms with E-state index in [-0.39, 0.29) is 60.5 Å². The summed E-state index contributed by atoms with van der Waals surface area (Å²) in [7, 11) is 1.74. The summed E-state index contributed by atoms with van der Waals surface area (Å²) in [6, 6.07) is 8.40. The Balaban J connectivity index is 2.32. The van der Waals surface area contributed by atoms with Crippen LogP contribution in [-0.2, 0) is 30.3 Å². The van der Waals surface area contributed by atoms with Gasteiger partial charge in [0.15, 0.2) is 6.10 Å². The number of carbonyl (C=O) groups is 4. The lowest BCUT2D eigenvalue weighted by molar-refractivity contribution is -0.151. The van der Waals surface area contributed by atoms with Crippen LogP contribution in [0.2, 0.25) is 0 Å². The molecule has 0 bridgehead atoms. The van der Waals surface area contributed by atoms with Gasteiger partial charge in [0.1, 0.15) is 17.3 Å². The second-order valence-electron chi connectivity index (χ2n) is 12.6. The number of benzene rings is 1. The molecule has 0 saturated carbocycles. The first-order valence-corrected chi connectivity index (χ1v) is 17.5. The molecule has 0 aliphatic rings. The molecular weight excluding hydrogens is 616 g/mol. The van der Waals surface area contributed by atoms with Gasteiger partial charge in [-0.25, -0.2) is 4.98 Å². The highest BCUT2D eigenvalue weighted by Gasteiger charge is 2.34. The molecule has 0 radical (unpaired) electrons. The summed E-state index contributed by atoms with van der Waals surface area (Å²) < 4.78 is 11.2. The van der Waals surface area contributed by atoms with E-state index in [9.17, 15) is 19.2 Å². The zero-order chi connectivity index (χ0) is 35.1. The van der Waals surface area contributed by atoms with E-state index in [2.05, 4.69) is 16.9 Å². The Bertz CT molecular complexity index is 1300. The zero-order valence-electron chi connectivity index (χ0n) is 29.1. The number of nitrogens with zero attached hydrogens (tertiary/aromatic N) is 2. The van der Waals surface area contributed by atoms with Gasteiger partial charge in [-0.1, -0.05) is 91.0 Å². The molecule has 260 valence electrons. The molecule has 2 amide bonds. The van der Waals surface area contributed by atoms with Gasteiger partial charge >= 0.3 is 11.9 Å². The van der Waals surface area contributed by atoms with E-state index >= 15 is 0 Å². The average Bonchev–Trinajstić information content (AvgIpc) is 3.55. The van der Waals surface area contributed by atoms with E-state index in [1.54, 1.807) is 24.3 Å². The largest absolute Gasteiger partial charge is 0.461 e. The summed E-state index contributed by atoms with van der Waals surface area (Å²) in [6.07, 6.45) is 3.56. The highest BCUT2D eigenvalue weighted by atomic mass is 32.1. The van der Waals surface area contributed by atoms with Crippen molar-refractivity contribution in [3.63, 3.8) is 0 Å². The van der Waals surface area contributed by atoms with Crippen LogP contribution in [0.3, 0.4) is 0 Å². The highest BCUT2D eigenvalue weighted by molar-refractivity contribution is 7.09. The average molecular weight is 671 g/mol. The maximum atomic E-state index is 13.6. The fourth-order valence-electron chi connectivity index (χ4n) is 5.31. The highest BCUT2D eigenvalue weighted by Crippen LogP contribution is 2.31. The fourth-order valence-corrected chi connectivity index (χ4v) is 6.15. The van der Waals surface area contributed by atoms with E-state index < -0.39 is 24.0 Å². The van der Waals surface area contributed by atoms with Crippen LogP contribution in [0.1, 0.15) is 101 Å². The van der Waals surface area contributed by atoms with Gasteiger partial charge in [0.05, 0.1) is 12.0 Å². The normalized spacial score (nSPS) is 15.1. The number of hydrogen-bond acceptors (Lipinski definition) is 9. The van der Waals surface area contributed by atoms with Crippen LogP contribution in [0.15, 0.2) is 48.4 Å². The van der Waals surface area contributed by atoms with Crippen molar-refractivity contribution >= 4 is 35.1 Å². The van der Waals surface area contributed by atoms with Crippen molar-refractivity contribution in [3.8, 4) is 0 Å². The van der Waals surface area contributed by atoms with Crippen molar-refractivity contribution in [2.75, 3.05) is 13.7 Å². The van der Waals surface area contributed by atoms with E-state index in [1.807, 2.05) is 65.0 Å². The van der Waals surface area contributed by atoms with Gasteiger partial charge in [-0.05, 0) is 36.7 Å². The fraction of sp³-hybridized carbons (Fsp3) is 0.583. The number of thiazole rings is 1. The predicted molar refractivity (Wildman–Crippen MR) is 186 cm³/mol. The van der Waals surface area contributed by atoms with Gasteiger partial charge in [-0.3, -0.25) is 19.2 Å². The zero-order valence-corrected chi connectivity index (χ0v) is 29.9. The van der Waals surface area contributed by atoms with Gasteiger partial charge in [0.25, 0.3) is 5.91 Å². The van der Waals surface area contributed by atoms with E-state index in [0.29, 0.717) is 30.7 Å². The van der Waals surface area contributed by atoms with Crippen molar-refractivity contribution in [3.05, 3.63) is 64.6 Å². The van der Waals surface area contributed by atoms with E-state index in [0.717, 1.165) is 12.0 Å². The minimum absolute atomic E-state index is 0.0162. The van der Waals surface area contributed by atoms with Gasteiger partial charge in [0.2, 0.25) is 5.91 Å². The summed E-state index contributed by atoms with van der Waals surface area (Å²) in [6.45, 7) is 15.4. The summed E-state index contributed by atoms with van der Waals surface area (Å²) in [4.78, 5) is 58.4. The van der Waals surface area contributed by atoms with Crippen LogP contribution in [-0.4, -0.2) is 65.4 Å². The number of likely N-dealkylation sites (N-methyl/N-ethyl adjacent to an activating group) is 1. The summed E-state index contributed by atoms with van der Waals surface area (Å²) in [5.41, 5.74) is 7.50. The lowest BCUT2D eigenvalue weighted by Crippen LogP contribution is -2.51. The first-order valence-electron chi connectivity index (χ1n) is 16.6. The quantitative estimate of drug-likeness (QED) is 0.132. The van der Waals surface area contributed by atoms with Crippen molar-refractivity contribution < 1.29 is 28.7 Å². The molecule has 10 nitrogen and oxygen atoms in total. The van der Waals surface area contributed by atoms with Crippen LogP contribution < -0.4 is 11.1 Å². The van der Waals surface area contributed by atoms with Gasteiger partial charge in [-0.2, -0.15) is 0 Å². The van der Waals surface area contributed by atoms with Gasteiger partial charge in [-0.15, -0.1) is 11.3 Å². The van der Waals surface area contributed by atoms with Crippen molar-refractivity contribution in [1.82, 2.24) is 15.2 Å². The van der Waals surface area contributed by atoms with E-state index in [1.165, 1.54) is 17.4 Å². The molecule has 0 spiro atoms. The van der Waals surface area contributed by atoms with Crippen LogP contribution in [0, 0.1) is 17.8 Å². The number of ether oxygens (including phenoxy) is 2. The Kier molecular flexibility index (Phi) is 16.8. The first kappa shape index (κ1) is 39.6. The standard InChI is InChI=1S/C36H54N4O6S/c1-9-15-31(41)46-30(21-29(23(4)5)40(8)35(43)32(37)24(6)11-3)34-39-28(22-47-34)33(42)38-27(20-26-16-13-12-14-17-26)19-25(7)36(44)45-18-10-2/h10,12-14,16-17,22-25,27,29-30,32H,2,9,11,15,18-21,37H2,1,3-8H3,(H,38,42)/t24-,25-,27+,29+,30+,32-/m0/s1. The van der Waals surface area contributed by atoms with Crippen LogP contribution in [0.25, 0.3) is 0 Å². The molecule has 0 unspecified atom stereocenters. The number of esters is 2. The topological polar surface area (TPSA) is 141 Å². The van der Waals surface area contributed by atoms with Crippen molar-refractivity contribution in [1.29, 1.82) is 0 Å². The molecule has 0 saturated heterocycles. The molecule has 1 aromatic carbocycles. The monoisotopic (exact) mass is 670 g/mol. The van der Waals surface area contributed by atoms with Crippen LogP contribution in [0.5, 0.6) is 0 Å². The lowest BCUT2D eigenvalue weighted by Gasteiger charge is -2.35. The number of carbonyl (C=O) groups excluding carboxylic acids is 4. The second kappa shape index (κ2) is 19.9. The maximum absolute atomic E-state index is 13.6. The Morgan fingerprint density at radius 1 is 1.09 bits per heavy atom. The molecule has 47 heavy (non-hydrogen) atoms. The summed E-state index contributed by atoms with van der Waals surface area (Å²) >= 11 is 1.23. The van der Waals surface area contributed by atoms with Gasteiger partial charge < -0.3 is 25.4 Å². The minimum Gasteiger partial charge on any atom is -0.461 e. The first-order chi connectivity index (χ1) is 22.3. The Morgan fingerprint density at radius 2 is 1.77 bits per heavy atom. The number of nitrogens with one attached hydrogen (secondary N) is 1. The molecule has 0 aliphatic carbocycles. The Labute approximate surface area is 284 Å². The van der Waals surface area contributed by atoms with Gasteiger partial charge in [0, 0.05) is 37.4 Å². The SMILES string of the molecule is C=CCOC(=O)[C@@H](C)C[C@H](Cc1ccccc1)NC(=O)c1csc([C@@H](C[C@H](C(C)C)N(C)C(=O)[C@@H](N)[C@@H](C)CC)OC(=O)CCC)n1. The lowest BCUT2D eigenvalue weighted by atomic mass is 9.93. The molecule has 3 N–H and O–H groups in total. The number of rotatable bonds is 20. The maximum Gasteiger partial charge on any atom is 0.309 e. The number of aromatic nitrogens is 1. The molecule has 1 heterocycles. The molecule has 0 aliphatic heterocycles. The predicted octanol–water partition coefficient (Wildman–Crippen LogP) is 5.87. The van der Waals surface area contributed by atoms with Crippen LogP contribution in [0.4, 0.5) is 0 Å². The third-order valence-corrected chi connectivity index (χ3v) is 9.35. The summed E-state index contributed by atoms with van der Waals surface area (Å²) in [5, 5.41) is 5.17. The second-order valence-corrected chi connectivity index (χ2v) is 13.5. The molecule has 2 rings (SSSR count). The van der Waals surface area contributed by atoms with Crippen molar-refractivity contribution in [2.45, 2.75) is 104 Å². The smallest absolute Gasteiger partial charge is 0.309 e. The Morgan fingerprint density at radius 3 is 2.36 bits per heavy atom. The molecule has 6 atom stereocenters. The van der Waals surface area contributed by atoms with Crippen LogP contribution >= 0.6 is 11.3 Å². The third-order valence-electron chi connectivity index (χ3n) is 8.41. The van der Waals surface area contributed by atoms with E-state index in [4.69, 9.17) is 15.2 Å². The third kappa shape index (κ3) is 12.5. The number of nitrogens with two attached hydrogens (primary N) is 1. The molecule has 1 aromatic heterocycles. The number of amides is 2. The molecule has 2 aromatic rings.